The lowest BCUT2D eigenvalue weighted by Gasteiger charge is -2.24. The number of nitrogens with one attached hydrogen (secondary N) is 2. The Kier molecular flexibility index (Phi) is 5.30. The summed E-state index contributed by atoms with van der Waals surface area (Å²) >= 11 is 0. The van der Waals surface area contributed by atoms with Crippen LogP contribution in [0.5, 0.6) is 0 Å². The van der Waals surface area contributed by atoms with Crippen molar-refractivity contribution in [3.8, 4) is 0 Å². The van der Waals surface area contributed by atoms with Crippen molar-refractivity contribution in [2.24, 2.45) is 0 Å². The number of hydrogen-bond donors (Lipinski definition) is 2. The van der Waals surface area contributed by atoms with Crippen molar-refractivity contribution in [2.75, 3.05) is 25.0 Å². The molecule has 7 heteroatoms. The average molecular weight is 335 g/mol. The van der Waals surface area contributed by atoms with E-state index in [1.54, 1.807) is 6.07 Å². The quantitative estimate of drug-likeness (QED) is 0.885. The van der Waals surface area contributed by atoms with Crippen LogP contribution in [0, 0.1) is 5.82 Å². The van der Waals surface area contributed by atoms with Gasteiger partial charge in [-0.2, -0.15) is 0 Å². The summed E-state index contributed by atoms with van der Waals surface area (Å²) in [7, 11) is 0. The van der Waals surface area contributed by atoms with Crippen LogP contribution in [0.4, 0.5) is 14.9 Å². The molecule has 2 fully saturated rings. The van der Waals surface area contributed by atoms with Gasteiger partial charge >= 0.3 is 6.03 Å². The van der Waals surface area contributed by atoms with Gasteiger partial charge in [-0.1, -0.05) is 6.07 Å². The summed E-state index contributed by atoms with van der Waals surface area (Å²) in [4.78, 5) is 26.3. The molecule has 2 N–H and O–H groups in total. The molecule has 2 heterocycles. The second-order valence-electron chi connectivity index (χ2n) is 6.17. The predicted octanol–water partition coefficient (Wildman–Crippen LogP) is 2.12. The average Bonchev–Trinajstić information content (AvgIpc) is 3.24. The van der Waals surface area contributed by atoms with Crippen molar-refractivity contribution in [1.82, 2.24) is 10.2 Å². The first-order valence-electron chi connectivity index (χ1n) is 8.36. The number of urea groups is 1. The van der Waals surface area contributed by atoms with Gasteiger partial charge in [0.2, 0.25) is 5.91 Å². The van der Waals surface area contributed by atoms with Gasteiger partial charge in [0, 0.05) is 25.4 Å². The number of carbonyl (C=O) groups excluding carboxylic acids is 2. The van der Waals surface area contributed by atoms with Crippen molar-refractivity contribution in [3.63, 3.8) is 0 Å². The molecule has 1 aromatic rings. The fourth-order valence-electron chi connectivity index (χ4n) is 3.18. The van der Waals surface area contributed by atoms with E-state index >= 15 is 0 Å². The van der Waals surface area contributed by atoms with E-state index < -0.39 is 11.9 Å². The summed E-state index contributed by atoms with van der Waals surface area (Å²) in [5, 5.41) is 5.53. The number of hydrogen-bond acceptors (Lipinski definition) is 3. The van der Waals surface area contributed by atoms with Crippen LogP contribution in [0.2, 0.25) is 0 Å². The third-order valence-corrected chi connectivity index (χ3v) is 4.42. The van der Waals surface area contributed by atoms with Crippen LogP contribution < -0.4 is 10.6 Å². The zero-order valence-electron chi connectivity index (χ0n) is 13.5. The molecule has 2 aliphatic rings. The third kappa shape index (κ3) is 4.03. The van der Waals surface area contributed by atoms with Gasteiger partial charge in [0.1, 0.15) is 11.9 Å². The van der Waals surface area contributed by atoms with Crippen LogP contribution in [-0.2, 0) is 9.53 Å². The fraction of sp³-hybridized carbons (Fsp3) is 0.529. The molecule has 0 radical (unpaired) electrons. The molecule has 0 bridgehead atoms. The Balaban J connectivity index is 1.55. The van der Waals surface area contributed by atoms with Gasteiger partial charge in [0.25, 0.3) is 0 Å². The Labute approximate surface area is 140 Å². The summed E-state index contributed by atoms with van der Waals surface area (Å²) in [5.74, 6) is -0.572. The Bertz CT molecular complexity index is 604. The van der Waals surface area contributed by atoms with E-state index in [1.165, 1.54) is 23.1 Å². The first kappa shape index (κ1) is 16.7. The Hall–Kier alpha value is -2.15. The smallest absolute Gasteiger partial charge is 0.322 e. The molecule has 2 aliphatic heterocycles. The highest BCUT2D eigenvalue weighted by atomic mass is 19.1. The van der Waals surface area contributed by atoms with Crippen LogP contribution in [0.15, 0.2) is 24.3 Å². The minimum absolute atomic E-state index is 0.0740. The Morgan fingerprint density at radius 2 is 2.17 bits per heavy atom. The summed E-state index contributed by atoms with van der Waals surface area (Å²) in [6.07, 6.45) is 3.45. The number of carbonyl (C=O) groups is 2. The maximum absolute atomic E-state index is 13.2. The van der Waals surface area contributed by atoms with Gasteiger partial charge in [0.05, 0.1) is 6.10 Å². The number of anilines is 1. The maximum atomic E-state index is 13.2. The molecule has 6 nitrogen and oxygen atoms in total. The molecule has 2 saturated heterocycles. The second kappa shape index (κ2) is 7.61. The lowest BCUT2D eigenvalue weighted by Crippen LogP contribution is -2.48. The molecule has 24 heavy (non-hydrogen) atoms. The van der Waals surface area contributed by atoms with E-state index in [0.29, 0.717) is 25.2 Å². The highest BCUT2D eigenvalue weighted by molar-refractivity contribution is 5.94. The van der Waals surface area contributed by atoms with E-state index in [9.17, 15) is 14.0 Å². The minimum atomic E-state index is -0.486. The Morgan fingerprint density at radius 3 is 2.92 bits per heavy atom. The van der Waals surface area contributed by atoms with Crippen molar-refractivity contribution in [1.29, 1.82) is 0 Å². The maximum Gasteiger partial charge on any atom is 0.322 e. The highest BCUT2D eigenvalue weighted by Crippen LogP contribution is 2.20. The number of likely N-dealkylation sites (tertiary alicyclic amines) is 1. The molecule has 0 saturated carbocycles. The van der Waals surface area contributed by atoms with Crippen molar-refractivity contribution >= 4 is 17.6 Å². The third-order valence-electron chi connectivity index (χ3n) is 4.42. The molecule has 0 unspecified atom stereocenters. The number of ether oxygens (including phenoxy) is 1. The van der Waals surface area contributed by atoms with Crippen molar-refractivity contribution in [3.05, 3.63) is 30.1 Å². The minimum Gasteiger partial charge on any atom is -0.376 e. The predicted molar refractivity (Wildman–Crippen MR) is 87.1 cm³/mol. The van der Waals surface area contributed by atoms with Crippen molar-refractivity contribution in [2.45, 2.75) is 37.8 Å². The molecular formula is C17H22FN3O3. The van der Waals surface area contributed by atoms with Gasteiger partial charge in [-0.25, -0.2) is 9.18 Å². The monoisotopic (exact) mass is 335 g/mol. The molecule has 0 spiro atoms. The van der Waals surface area contributed by atoms with E-state index in [2.05, 4.69) is 10.6 Å². The highest BCUT2D eigenvalue weighted by Gasteiger charge is 2.34. The summed E-state index contributed by atoms with van der Waals surface area (Å²) in [5.41, 5.74) is 0.380. The molecule has 3 amide bonds. The van der Waals surface area contributed by atoms with E-state index in [0.717, 1.165) is 25.9 Å². The molecule has 0 aliphatic carbocycles. The zero-order chi connectivity index (χ0) is 16.9. The number of halogens is 1. The summed E-state index contributed by atoms with van der Waals surface area (Å²) in [6, 6.07) is 4.84. The van der Waals surface area contributed by atoms with Crippen LogP contribution in [0.3, 0.4) is 0 Å². The second-order valence-corrected chi connectivity index (χ2v) is 6.17. The fourth-order valence-corrected chi connectivity index (χ4v) is 3.18. The lowest BCUT2D eigenvalue weighted by molar-refractivity contribution is -0.125. The zero-order valence-corrected chi connectivity index (χ0v) is 13.5. The van der Waals surface area contributed by atoms with Gasteiger partial charge in [-0.05, 0) is 43.9 Å². The summed E-state index contributed by atoms with van der Waals surface area (Å²) in [6.45, 7) is 1.74. The topological polar surface area (TPSA) is 70.7 Å². The van der Waals surface area contributed by atoms with E-state index in [1.807, 2.05) is 0 Å². The molecular weight excluding hydrogens is 313 g/mol. The number of benzene rings is 1. The van der Waals surface area contributed by atoms with E-state index in [4.69, 9.17) is 4.74 Å². The van der Waals surface area contributed by atoms with Crippen molar-refractivity contribution < 1.29 is 18.7 Å². The first-order valence-corrected chi connectivity index (χ1v) is 8.36. The number of amides is 3. The van der Waals surface area contributed by atoms with Crippen LogP contribution in [0.25, 0.3) is 0 Å². The SMILES string of the molecule is O=C(NC[C@@H]1CCCO1)[C@H]1CCCN1C(=O)Nc1cccc(F)c1. The molecule has 2 atom stereocenters. The van der Waals surface area contributed by atoms with Gasteiger partial charge < -0.3 is 20.3 Å². The lowest BCUT2D eigenvalue weighted by atomic mass is 10.2. The van der Waals surface area contributed by atoms with Gasteiger partial charge in [-0.3, -0.25) is 4.79 Å². The first-order chi connectivity index (χ1) is 11.6. The molecule has 3 rings (SSSR count). The normalized spacial score (nSPS) is 23.3. The number of rotatable bonds is 4. The number of nitrogens with zero attached hydrogens (tertiary/aromatic N) is 1. The van der Waals surface area contributed by atoms with Crippen LogP contribution in [-0.4, -0.2) is 48.7 Å². The molecule has 0 aromatic heterocycles. The Morgan fingerprint density at radius 1 is 1.29 bits per heavy atom. The summed E-state index contributed by atoms with van der Waals surface area (Å²) < 4.78 is 18.7. The standard InChI is InChI=1S/C17H22FN3O3/c18-12-4-1-5-13(10-12)20-17(23)21-8-2-7-15(21)16(22)19-11-14-6-3-9-24-14/h1,4-5,10,14-15H,2-3,6-9,11H2,(H,19,22)(H,20,23)/t14-,15+/m0/s1. The molecule has 1 aromatic carbocycles. The largest absolute Gasteiger partial charge is 0.376 e. The van der Waals surface area contributed by atoms with Crippen LogP contribution >= 0.6 is 0 Å². The van der Waals surface area contributed by atoms with Gasteiger partial charge in [-0.15, -0.1) is 0 Å². The van der Waals surface area contributed by atoms with Gasteiger partial charge in [0.15, 0.2) is 0 Å². The molecule has 130 valence electrons. The van der Waals surface area contributed by atoms with E-state index in [-0.39, 0.29) is 18.0 Å². The van der Waals surface area contributed by atoms with Crippen LogP contribution in [0.1, 0.15) is 25.7 Å².